The number of carbonyl (C=O) groups is 1. The molecule has 1 aromatic heterocycles. The number of halogens is 3. The van der Waals surface area contributed by atoms with E-state index in [-0.39, 0.29) is 17.5 Å². The largest absolute Gasteiger partial charge is 0.482 e. The van der Waals surface area contributed by atoms with E-state index in [1.54, 1.807) is 4.90 Å². The number of piperidine rings is 1. The molecular weight excluding hydrogens is 299 g/mol. The van der Waals surface area contributed by atoms with E-state index in [4.69, 9.17) is 4.74 Å². The van der Waals surface area contributed by atoms with Crippen molar-refractivity contribution in [3.63, 3.8) is 0 Å². The molecule has 0 spiro atoms. The van der Waals surface area contributed by atoms with Crippen molar-refractivity contribution in [3.8, 4) is 5.75 Å². The number of rotatable bonds is 4. The van der Waals surface area contributed by atoms with Crippen molar-refractivity contribution in [1.29, 1.82) is 0 Å². The van der Waals surface area contributed by atoms with E-state index in [9.17, 15) is 18.0 Å². The first-order chi connectivity index (χ1) is 10.4. The summed E-state index contributed by atoms with van der Waals surface area (Å²) in [6.07, 6.45) is -1.30. The van der Waals surface area contributed by atoms with Crippen LogP contribution in [0, 0.1) is 0 Å². The van der Waals surface area contributed by atoms with Crippen LogP contribution in [0.5, 0.6) is 5.75 Å². The minimum absolute atomic E-state index is 0.0801. The van der Waals surface area contributed by atoms with E-state index in [0.717, 1.165) is 12.8 Å². The lowest BCUT2D eigenvalue weighted by Crippen LogP contribution is -2.47. The molecule has 0 aromatic carbocycles. The molecule has 5 nitrogen and oxygen atoms in total. The predicted molar refractivity (Wildman–Crippen MR) is 73.8 cm³/mol. The van der Waals surface area contributed by atoms with Crippen molar-refractivity contribution in [3.05, 3.63) is 24.0 Å². The van der Waals surface area contributed by atoms with Gasteiger partial charge in [0.1, 0.15) is 0 Å². The van der Waals surface area contributed by atoms with Crippen LogP contribution >= 0.6 is 0 Å². The molecule has 8 heteroatoms. The number of likely N-dealkylation sites (N-methyl/N-ethyl adjacent to an activating group) is 1. The molecule has 1 aromatic rings. The van der Waals surface area contributed by atoms with Gasteiger partial charge in [-0.25, -0.2) is 4.98 Å². The fourth-order valence-corrected chi connectivity index (χ4v) is 2.37. The minimum Gasteiger partial charge on any atom is -0.482 e. The summed E-state index contributed by atoms with van der Waals surface area (Å²) < 4.78 is 41.5. The van der Waals surface area contributed by atoms with Crippen LogP contribution in [0.1, 0.15) is 23.3 Å². The number of alkyl halides is 3. The fraction of sp³-hybridized carbons (Fsp3) is 0.571. The highest BCUT2D eigenvalue weighted by Gasteiger charge is 2.31. The lowest BCUT2D eigenvalue weighted by atomic mass is 10.1. The van der Waals surface area contributed by atoms with Crippen molar-refractivity contribution in [2.45, 2.75) is 25.1 Å². The molecule has 1 aliphatic rings. The zero-order chi connectivity index (χ0) is 16.2. The Labute approximate surface area is 126 Å². The monoisotopic (exact) mass is 317 g/mol. The highest BCUT2D eigenvalue weighted by molar-refractivity contribution is 5.95. The second-order valence-electron chi connectivity index (χ2n) is 5.13. The maximum atomic E-state index is 12.5. The standard InChI is InChI=1S/C14H18F3N3O2/c1-18-10-4-3-7-20(8-10)13(21)12-11(5-2-6-19-12)22-9-14(15,16)17/h2,5-6,10,18H,3-4,7-9H2,1H3. The van der Waals surface area contributed by atoms with Gasteiger partial charge in [0, 0.05) is 25.3 Å². The van der Waals surface area contributed by atoms with E-state index in [0.29, 0.717) is 13.1 Å². The van der Waals surface area contributed by atoms with Gasteiger partial charge in [0.2, 0.25) is 0 Å². The minimum atomic E-state index is -4.46. The molecule has 1 atom stereocenters. The van der Waals surface area contributed by atoms with Crippen molar-refractivity contribution in [2.24, 2.45) is 0 Å². The van der Waals surface area contributed by atoms with Crippen molar-refractivity contribution >= 4 is 5.91 Å². The second kappa shape index (κ2) is 6.95. The first-order valence-electron chi connectivity index (χ1n) is 7.02. The zero-order valence-electron chi connectivity index (χ0n) is 12.2. The van der Waals surface area contributed by atoms with Crippen molar-refractivity contribution in [2.75, 3.05) is 26.7 Å². The molecule has 2 heterocycles. The van der Waals surface area contributed by atoms with Crippen LogP contribution in [0.2, 0.25) is 0 Å². The maximum absolute atomic E-state index is 12.5. The Hall–Kier alpha value is -1.83. The number of carbonyl (C=O) groups excluding carboxylic acids is 1. The second-order valence-corrected chi connectivity index (χ2v) is 5.13. The SMILES string of the molecule is CNC1CCCN(C(=O)c2ncccc2OCC(F)(F)F)C1. The number of hydrogen-bond donors (Lipinski definition) is 1. The molecule has 0 bridgehead atoms. The highest BCUT2D eigenvalue weighted by atomic mass is 19.4. The van der Waals surface area contributed by atoms with Crippen LogP contribution in [0.4, 0.5) is 13.2 Å². The summed E-state index contributed by atoms with van der Waals surface area (Å²) in [6.45, 7) is -0.380. The molecule has 0 saturated carbocycles. The molecule has 22 heavy (non-hydrogen) atoms. The van der Waals surface area contributed by atoms with Crippen LogP contribution in [0.25, 0.3) is 0 Å². The van der Waals surface area contributed by atoms with Crippen LogP contribution < -0.4 is 10.1 Å². The number of aromatic nitrogens is 1. The van der Waals surface area contributed by atoms with E-state index in [1.165, 1.54) is 18.3 Å². The first kappa shape index (κ1) is 16.5. The van der Waals surface area contributed by atoms with Gasteiger partial charge in [-0.15, -0.1) is 0 Å². The van der Waals surface area contributed by atoms with Crippen LogP contribution in [0.15, 0.2) is 18.3 Å². The van der Waals surface area contributed by atoms with Gasteiger partial charge < -0.3 is 15.0 Å². The molecule has 1 aliphatic heterocycles. The number of nitrogens with one attached hydrogen (secondary N) is 1. The normalized spacial score (nSPS) is 19.1. The number of likely N-dealkylation sites (tertiary alicyclic amines) is 1. The Morgan fingerprint density at radius 1 is 1.55 bits per heavy atom. The van der Waals surface area contributed by atoms with Gasteiger partial charge >= 0.3 is 6.18 Å². The molecule has 0 aliphatic carbocycles. The Balaban J connectivity index is 2.12. The summed E-state index contributed by atoms with van der Waals surface area (Å²) in [5.74, 6) is -0.547. The van der Waals surface area contributed by atoms with Gasteiger partial charge in [-0.3, -0.25) is 4.79 Å². The maximum Gasteiger partial charge on any atom is 0.422 e. The van der Waals surface area contributed by atoms with E-state index < -0.39 is 18.7 Å². The van der Waals surface area contributed by atoms with Gasteiger partial charge in [-0.05, 0) is 32.0 Å². The molecule has 1 saturated heterocycles. The number of nitrogens with zero attached hydrogens (tertiary/aromatic N) is 2. The smallest absolute Gasteiger partial charge is 0.422 e. The first-order valence-corrected chi connectivity index (χ1v) is 7.02. The predicted octanol–water partition coefficient (Wildman–Crippen LogP) is 1.85. The number of pyridine rings is 1. The number of amides is 1. The van der Waals surface area contributed by atoms with Gasteiger partial charge in [0.05, 0.1) is 0 Å². The molecule has 1 amide bonds. The third kappa shape index (κ3) is 4.33. The molecule has 1 N–H and O–H groups in total. The summed E-state index contributed by atoms with van der Waals surface area (Å²) in [7, 11) is 1.82. The van der Waals surface area contributed by atoms with Crippen molar-refractivity contribution < 1.29 is 22.7 Å². The lowest BCUT2D eigenvalue weighted by Gasteiger charge is -2.32. The van der Waals surface area contributed by atoms with E-state index in [1.807, 2.05) is 7.05 Å². The van der Waals surface area contributed by atoms with Crippen LogP contribution in [-0.4, -0.2) is 54.8 Å². The molecule has 0 radical (unpaired) electrons. The van der Waals surface area contributed by atoms with Crippen molar-refractivity contribution in [1.82, 2.24) is 15.2 Å². The van der Waals surface area contributed by atoms with E-state index in [2.05, 4.69) is 10.3 Å². The van der Waals surface area contributed by atoms with Gasteiger partial charge in [0.25, 0.3) is 5.91 Å². The number of hydrogen-bond acceptors (Lipinski definition) is 4. The molecule has 1 unspecified atom stereocenters. The van der Waals surface area contributed by atoms with E-state index >= 15 is 0 Å². The average Bonchev–Trinajstić information content (AvgIpc) is 2.52. The highest BCUT2D eigenvalue weighted by Crippen LogP contribution is 2.23. The summed E-state index contributed by atoms with van der Waals surface area (Å²) in [5.41, 5.74) is -0.0801. The summed E-state index contributed by atoms with van der Waals surface area (Å²) in [5, 5.41) is 3.11. The van der Waals surface area contributed by atoms with Gasteiger partial charge in [0.15, 0.2) is 18.1 Å². The average molecular weight is 317 g/mol. The summed E-state index contributed by atoms with van der Waals surface area (Å²) >= 11 is 0. The lowest BCUT2D eigenvalue weighted by molar-refractivity contribution is -0.153. The summed E-state index contributed by atoms with van der Waals surface area (Å²) in [4.78, 5) is 18.0. The molecular formula is C14H18F3N3O2. The fourth-order valence-electron chi connectivity index (χ4n) is 2.37. The van der Waals surface area contributed by atoms with Crippen LogP contribution in [-0.2, 0) is 0 Å². The zero-order valence-corrected chi connectivity index (χ0v) is 12.2. The van der Waals surface area contributed by atoms with Crippen LogP contribution in [0.3, 0.4) is 0 Å². The Kier molecular flexibility index (Phi) is 5.23. The Morgan fingerprint density at radius 3 is 3.00 bits per heavy atom. The molecule has 1 fully saturated rings. The summed E-state index contributed by atoms with van der Waals surface area (Å²) in [6, 6.07) is 2.95. The third-order valence-corrected chi connectivity index (χ3v) is 3.48. The quantitative estimate of drug-likeness (QED) is 0.921. The van der Waals surface area contributed by atoms with Gasteiger partial charge in [-0.2, -0.15) is 13.2 Å². The number of ether oxygens (including phenoxy) is 1. The molecule has 122 valence electrons. The van der Waals surface area contributed by atoms with Gasteiger partial charge in [-0.1, -0.05) is 0 Å². The molecule has 2 rings (SSSR count). The Bertz CT molecular complexity index is 522. The third-order valence-electron chi connectivity index (χ3n) is 3.48. The topological polar surface area (TPSA) is 54.5 Å². The Morgan fingerprint density at radius 2 is 2.32 bits per heavy atom.